The fraction of sp³-hybridized carbons (Fsp3) is 0.100. The van der Waals surface area contributed by atoms with Gasteiger partial charge >= 0.3 is 6.03 Å². The molecule has 1 N–H and O–H groups in total. The highest BCUT2D eigenvalue weighted by Gasteiger charge is 2.37. The van der Waals surface area contributed by atoms with Gasteiger partial charge in [0, 0.05) is 6.42 Å². The van der Waals surface area contributed by atoms with Crippen molar-refractivity contribution < 1.29 is 18.8 Å². The monoisotopic (exact) mass is 478 g/mol. The molecule has 4 aromatic carbocycles. The molecule has 0 saturated carbocycles. The first-order valence-corrected chi connectivity index (χ1v) is 11.7. The number of halogens is 1. The van der Waals surface area contributed by atoms with E-state index in [0.29, 0.717) is 23.2 Å². The van der Waals surface area contributed by atoms with E-state index in [2.05, 4.69) is 5.32 Å². The Morgan fingerprint density at radius 2 is 1.50 bits per heavy atom. The molecule has 0 atom stereocenters. The first kappa shape index (κ1) is 23.2. The van der Waals surface area contributed by atoms with Gasteiger partial charge in [0.1, 0.15) is 11.4 Å². The normalized spacial score (nSPS) is 15.0. The van der Waals surface area contributed by atoms with E-state index in [1.807, 2.05) is 55.5 Å². The Bertz CT molecular complexity index is 1560. The van der Waals surface area contributed by atoms with Crippen molar-refractivity contribution in [2.75, 3.05) is 4.90 Å². The minimum atomic E-state index is -0.785. The predicted octanol–water partition coefficient (Wildman–Crippen LogP) is 5.80. The number of hydrogen-bond donors (Lipinski definition) is 1. The van der Waals surface area contributed by atoms with Gasteiger partial charge in [0.05, 0.1) is 5.69 Å². The molecule has 1 heterocycles. The molecule has 6 heteroatoms. The number of benzene rings is 4. The van der Waals surface area contributed by atoms with Crippen LogP contribution in [0, 0.1) is 5.82 Å². The summed E-state index contributed by atoms with van der Waals surface area (Å²) in [4.78, 5) is 40.2. The number of amides is 4. The van der Waals surface area contributed by atoms with Gasteiger partial charge < -0.3 is 0 Å². The van der Waals surface area contributed by atoms with Crippen molar-refractivity contribution in [2.45, 2.75) is 19.8 Å². The molecule has 1 aliphatic heterocycles. The lowest BCUT2D eigenvalue weighted by Crippen LogP contribution is -2.54. The Morgan fingerprint density at radius 1 is 0.806 bits per heavy atom. The van der Waals surface area contributed by atoms with Crippen molar-refractivity contribution in [3.8, 4) is 0 Å². The van der Waals surface area contributed by atoms with E-state index in [1.54, 1.807) is 30.3 Å². The van der Waals surface area contributed by atoms with Crippen LogP contribution < -0.4 is 10.2 Å². The maximum atomic E-state index is 14.5. The molecule has 36 heavy (non-hydrogen) atoms. The number of para-hydroxylation sites is 1. The van der Waals surface area contributed by atoms with Crippen LogP contribution in [-0.4, -0.2) is 17.8 Å². The van der Waals surface area contributed by atoms with E-state index < -0.39 is 17.8 Å². The second kappa shape index (κ2) is 9.58. The van der Waals surface area contributed by atoms with Crippen molar-refractivity contribution in [3.05, 3.63) is 119 Å². The van der Waals surface area contributed by atoms with Gasteiger partial charge in [-0.3, -0.25) is 14.9 Å². The predicted molar refractivity (Wildman–Crippen MR) is 138 cm³/mol. The zero-order valence-corrected chi connectivity index (χ0v) is 19.6. The molecule has 178 valence electrons. The summed E-state index contributed by atoms with van der Waals surface area (Å²) < 4.78 is 14.5. The number of barbiturate groups is 1. The average Bonchev–Trinajstić information content (AvgIpc) is 2.88. The first-order chi connectivity index (χ1) is 17.5. The fourth-order valence-electron chi connectivity index (χ4n) is 4.56. The third-order valence-electron chi connectivity index (χ3n) is 6.40. The zero-order chi connectivity index (χ0) is 25.2. The van der Waals surface area contributed by atoms with E-state index in [9.17, 15) is 18.8 Å². The molecule has 5 nitrogen and oxygen atoms in total. The van der Waals surface area contributed by atoms with Gasteiger partial charge in [-0.05, 0) is 57.7 Å². The topological polar surface area (TPSA) is 66.5 Å². The third kappa shape index (κ3) is 4.18. The molecule has 0 aromatic heterocycles. The van der Waals surface area contributed by atoms with Gasteiger partial charge in [0.25, 0.3) is 11.8 Å². The van der Waals surface area contributed by atoms with Crippen LogP contribution in [-0.2, 0) is 22.4 Å². The number of carbonyl (C=O) groups excluding carboxylic acids is 3. The number of aryl methyl sites for hydroxylation is 1. The number of nitrogens with zero attached hydrogens (tertiary/aromatic N) is 1. The quantitative estimate of drug-likeness (QED) is 0.291. The molecule has 1 fully saturated rings. The number of rotatable bonds is 5. The summed E-state index contributed by atoms with van der Waals surface area (Å²) in [5, 5.41) is 4.03. The molecule has 0 bridgehead atoms. The van der Waals surface area contributed by atoms with Gasteiger partial charge in [-0.15, -0.1) is 0 Å². The second-order valence-corrected chi connectivity index (χ2v) is 8.57. The van der Waals surface area contributed by atoms with Crippen LogP contribution in [0.1, 0.15) is 29.2 Å². The summed E-state index contributed by atoms with van der Waals surface area (Å²) in [7, 11) is 0. The van der Waals surface area contributed by atoms with Gasteiger partial charge in [-0.1, -0.05) is 79.7 Å². The fourth-order valence-corrected chi connectivity index (χ4v) is 4.56. The van der Waals surface area contributed by atoms with Crippen LogP contribution in [0.15, 0.2) is 90.5 Å². The Kier molecular flexibility index (Phi) is 6.17. The number of carbonyl (C=O) groups is 3. The van der Waals surface area contributed by atoms with Crippen LogP contribution in [0.4, 0.5) is 14.9 Å². The standard InChI is InChI=1S/C30H23FN2O3/c1-2-19-9-5-8-14-27(19)33-29(35)25(28(34)32-30(33)36)18-24-21(17-22-11-4-7-13-26(22)31)16-15-20-10-3-6-12-23(20)24/h3-16,18H,2,17H2,1H3,(H,32,34,36)/b25-18-. The second-order valence-electron chi connectivity index (χ2n) is 8.57. The number of anilines is 1. The van der Waals surface area contributed by atoms with Crippen molar-refractivity contribution in [1.29, 1.82) is 0 Å². The lowest BCUT2D eigenvalue weighted by Gasteiger charge is -2.28. The number of imide groups is 2. The number of nitrogens with one attached hydrogen (secondary N) is 1. The van der Waals surface area contributed by atoms with E-state index in [-0.39, 0.29) is 17.8 Å². The molecule has 0 spiro atoms. The summed E-state index contributed by atoms with van der Waals surface area (Å²) in [6.07, 6.45) is 2.40. The van der Waals surface area contributed by atoms with Crippen LogP contribution >= 0.6 is 0 Å². The van der Waals surface area contributed by atoms with E-state index >= 15 is 0 Å². The molecular formula is C30H23FN2O3. The smallest absolute Gasteiger partial charge is 0.273 e. The van der Waals surface area contributed by atoms with Crippen LogP contribution in [0.25, 0.3) is 16.8 Å². The van der Waals surface area contributed by atoms with Gasteiger partial charge in [-0.2, -0.15) is 0 Å². The van der Waals surface area contributed by atoms with Crippen molar-refractivity contribution in [2.24, 2.45) is 0 Å². The highest BCUT2D eigenvalue weighted by molar-refractivity contribution is 6.39. The summed E-state index contributed by atoms with van der Waals surface area (Å²) in [5.41, 5.74) is 2.97. The maximum absolute atomic E-state index is 14.5. The molecule has 1 aliphatic rings. The van der Waals surface area contributed by atoms with E-state index in [0.717, 1.165) is 26.8 Å². The maximum Gasteiger partial charge on any atom is 0.335 e. The average molecular weight is 479 g/mol. The van der Waals surface area contributed by atoms with Crippen LogP contribution in [0.5, 0.6) is 0 Å². The van der Waals surface area contributed by atoms with Gasteiger partial charge in [0.15, 0.2) is 0 Å². The molecular weight excluding hydrogens is 455 g/mol. The number of urea groups is 1. The molecule has 1 saturated heterocycles. The lowest BCUT2D eigenvalue weighted by molar-refractivity contribution is -0.122. The summed E-state index contributed by atoms with van der Waals surface area (Å²) in [5.74, 6) is -1.79. The summed E-state index contributed by atoms with van der Waals surface area (Å²) in [6, 6.07) is 24.2. The third-order valence-corrected chi connectivity index (χ3v) is 6.40. The Hall–Kier alpha value is -4.58. The number of fused-ring (bicyclic) bond motifs is 1. The Labute approximate surface area is 207 Å². The van der Waals surface area contributed by atoms with Crippen LogP contribution in [0.3, 0.4) is 0 Å². The molecule has 4 aromatic rings. The van der Waals surface area contributed by atoms with Crippen molar-refractivity contribution in [3.63, 3.8) is 0 Å². The summed E-state index contributed by atoms with van der Waals surface area (Å²) in [6.45, 7) is 1.93. The van der Waals surface area contributed by atoms with Gasteiger partial charge in [0.2, 0.25) is 0 Å². The minimum absolute atomic E-state index is 0.161. The largest absolute Gasteiger partial charge is 0.335 e. The number of hydrogen-bond acceptors (Lipinski definition) is 3. The highest BCUT2D eigenvalue weighted by atomic mass is 19.1. The highest BCUT2D eigenvalue weighted by Crippen LogP contribution is 2.30. The molecule has 5 rings (SSSR count). The first-order valence-electron chi connectivity index (χ1n) is 11.7. The molecule has 0 radical (unpaired) electrons. The molecule has 0 unspecified atom stereocenters. The Morgan fingerprint density at radius 3 is 2.28 bits per heavy atom. The molecule has 0 aliphatic carbocycles. The van der Waals surface area contributed by atoms with Crippen molar-refractivity contribution in [1.82, 2.24) is 5.32 Å². The zero-order valence-electron chi connectivity index (χ0n) is 19.6. The lowest BCUT2D eigenvalue weighted by atomic mass is 9.92. The van der Waals surface area contributed by atoms with Gasteiger partial charge in [-0.25, -0.2) is 14.1 Å². The van der Waals surface area contributed by atoms with E-state index in [4.69, 9.17) is 0 Å². The van der Waals surface area contributed by atoms with Crippen LogP contribution in [0.2, 0.25) is 0 Å². The molecule has 4 amide bonds. The van der Waals surface area contributed by atoms with Crippen molar-refractivity contribution >= 4 is 40.4 Å². The summed E-state index contributed by atoms with van der Waals surface area (Å²) >= 11 is 0. The van der Waals surface area contributed by atoms with E-state index in [1.165, 1.54) is 12.1 Å². The SMILES string of the molecule is CCc1ccccc1N1C(=O)NC(=O)/C(=C/c2c(Cc3ccccc3F)ccc3ccccc23)C1=O. The Balaban J connectivity index is 1.66. The minimum Gasteiger partial charge on any atom is -0.273 e.